The molecule has 1 aliphatic rings. The Morgan fingerprint density at radius 2 is 2.00 bits per heavy atom. The Labute approximate surface area is 160 Å². The first-order valence-corrected chi connectivity index (χ1v) is 8.47. The fourth-order valence-electron chi connectivity index (χ4n) is 2.78. The molecule has 3 rings (SSSR count). The Balaban J connectivity index is 1.73. The second kappa shape index (κ2) is 7.28. The lowest BCUT2D eigenvalue weighted by molar-refractivity contribution is -0.116. The van der Waals surface area contributed by atoms with E-state index >= 15 is 0 Å². The smallest absolute Gasteiger partial charge is 0.342 e. The van der Waals surface area contributed by atoms with Crippen molar-refractivity contribution in [2.75, 3.05) is 24.8 Å². The monoisotopic (exact) mass is 388 g/mol. The zero-order chi connectivity index (χ0) is 19.7. The maximum absolute atomic E-state index is 12.4. The van der Waals surface area contributed by atoms with Crippen LogP contribution in [-0.4, -0.2) is 31.4 Å². The van der Waals surface area contributed by atoms with Gasteiger partial charge in [0.1, 0.15) is 11.3 Å². The van der Waals surface area contributed by atoms with Crippen LogP contribution in [0.2, 0.25) is 5.02 Å². The third-order valence-electron chi connectivity index (χ3n) is 4.36. The van der Waals surface area contributed by atoms with Gasteiger partial charge in [0, 0.05) is 17.3 Å². The van der Waals surface area contributed by atoms with Gasteiger partial charge in [0.25, 0.3) is 0 Å². The summed E-state index contributed by atoms with van der Waals surface area (Å²) in [7, 11) is 1.38. The number of methoxy groups -OCH3 is 1. The zero-order valence-electron chi connectivity index (χ0n) is 14.7. The van der Waals surface area contributed by atoms with Gasteiger partial charge in [-0.3, -0.25) is 9.59 Å². The fourth-order valence-corrected chi connectivity index (χ4v) is 2.94. The molecule has 7 nitrogen and oxygen atoms in total. The average Bonchev–Trinajstić information content (AvgIpc) is 2.94. The number of rotatable bonds is 5. The molecule has 3 N–H and O–H groups in total. The molecule has 0 saturated heterocycles. The molecule has 140 valence electrons. The zero-order valence-corrected chi connectivity index (χ0v) is 15.4. The Morgan fingerprint density at radius 1 is 1.26 bits per heavy atom. The van der Waals surface area contributed by atoms with Gasteiger partial charge in [-0.25, -0.2) is 4.79 Å². The van der Waals surface area contributed by atoms with Gasteiger partial charge in [-0.05, 0) is 36.8 Å². The summed E-state index contributed by atoms with van der Waals surface area (Å²) in [5.41, 5.74) is 7.79. The van der Waals surface area contributed by atoms with Crippen molar-refractivity contribution >= 4 is 40.6 Å². The first kappa shape index (κ1) is 18.7. The lowest BCUT2D eigenvalue weighted by atomic mass is 9.99. The normalized spacial score (nSPS) is 15.1. The summed E-state index contributed by atoms with van der Waals surface area (Å²) in [4.78, 5) is 36.4. The predicted molar refractivity (Wildman–Crippen MR) is 101 cm³/mol. The van der Waals surface area contributed by atoms with Gasteiger partial charge >= 0.3 is 5.97 Å². The van der Waals surface area contributed by atoms with Gasteiger partial charge in [-0.2, -0.15) is 0 Å². The minimum Gasteiger partial charge on any atom is -0.496 e. The van der Waals surface area contributed by atoms with Crippen LogP contribution >= 0.6 is 11.6 Å². The number of ether oxygens (including phenoxy) is 2. The van der Waals surface area contributed by atoms with Crippen LogP contribution < -0.4 is 15.8 Å². The van der Waals surface area contributed by atoms with Crippen molar-refractivity contribution in [2.45, 2.75) is 12.8 Å². The quantitative estimate of drug-likeness (QED) is 0.463. The molecule has 2 aromatic rings. The molecule has 0 fully saturated rings. The standard InChI is InChI=1S/C19H17ClN2O5/c1-9-11-5-10(3-4-15(11)22-18(9)24)16(23)8-27-19(25)12-6-13(20)14(21)7-17(12)26-2/h3-7,9H,8,21H2,1-2H3,(H,22,24)/t9-/m0/s1. The molecule has 27 heavy (non-hydrogen) atoms. The van der Waals surface area contributed by atoms with E-state index in [1.807, 2.05) is 0 Å². The summed E-state index contributed by atoms with van der Waals surface area (Å²) in [5.74, 6) is -1.40. The molecule has 2 aromatic carbocycles. The van der Waals surface area contributed by atoms with Crippen molar-refractivity contribution in [2.24, 2.45) is 0 Å². The average molecular weight is 389 g/mol. The largest absolute Gasteiger partial charge is 0.496 e. The van der Waals surface area contributed by atoms with Gasteiger partial charge in [0.2, 0.25) is 5.91 Å². The SMILES string of the molecule is COc1cc(N)c(Cl)cc1C(=O)OCC(=O)c1ccc2c(c1)[C@H](C)C(=O)N2. The molecule has 0 saturated carbocycles. The number of nitrogen functional groups attached to an aromatic ring is 1. The number of carbonyl (C=O) groups excluding carboxylic acids is 3. The maximum Gasteiger partial charge on any atom is 0.342 e. The molecule has 8 heteroatoms. The summed E-state index contributed by atoms with van der Waals surface area (Å²) in [5, 5.41) is 2.91. The van der Waals surface area contributed by atoms with Crippen molar-refractivity contribution in [3.63, 3.8) is 0 Å². The highest BCUT2D eigenvalue weighted by atomic mass is 35.5. The Morgan fingerprint density at radius 3 is 2.70 bits per heavy atom. The summed E-state index contributed by atoms with van der Waals surface area (Å²) in [6.07, 6.45) is 0. The topological polar surface area (TPSA) is 108 Å². The van der Waals surface area contributed by atoms with Crippen molar-refractivity contribution in [3.05, 3.63) is 52.0 Å². The van der Waals surface area contributed by atoms with Crippen molar-refractivity contribution in [1.29, 1.82) is 0 Å². The van der Waals surface area contributed by atoms with Crippen LogP contribution in [0.5, 0.6) is 5.75 Å². The number of anilines is 2. The highest BCUT2D eigenvalue weighted by Crippen LogP contribution is 2.33. The summed E-state index contributed by atoms with van der Waals surface area (Å²) in [6, 6.07) is 7.61. The lowest BCUT2D eigenvalue weighted by Gasteiger charge is -2.11. The van der Waals surface area contributed by atoms with Crippen molar-refractivity contribution in [1.82, 2.24) is 0 Å². The van der Waals surface area contributed by atoms with E-state index < -0.39 is 18.4 Å². The maximum atomic E-state index is 12.4. The molecule has 1 heterocycles. The molecule has 1 aliphatic heterocycles. The van der Waals surface area contributed by atoms with Crippen LogP contribution in [0.15, 0.2) is 30.3 Å². The van der Waals surface area contributed by atoms with Crippen molar-refractivity contribution < 1.29 is 23.9 Å². The lowest BCUT2D eigenvalue weighted by Crippen LogP contribution is -2.15. The molecule has 0 aliphatic carbocycles. The molecule has 0 spiro atoms. The minimum absolute atomic E-state index is 0.0712. The number of hydrogen-bond donors (Lipinski definition) is 2. The minimum atomic E-state index is -0.756. The van der Waals surface area contributed by atoms with E-state index in [-0.39, 0.29) is 33.8 Å². The third-order valence-corrected chi connectivity index (χ3v) is 4.69. The number of ketones is 1. The number of fused-ring (bicyclic) bond motifs is 1. The molecular weight excluding hydrogens is 372 g/mol. The number of Topliss-reactive ketones (excluding diaryl/α,β-unsaturated/α-hetero) is 1. The van der Waals surface area contributed by atoms with Crippen LogP contribution in [0.1, 0.15) is 39.1 Å². The molecule has 0 unspecified atom stereocenters. The van der Waals surface area contributed by atoms with Crippen LogP contribution in [0.3, 0.4) is 0 Å². The van der Waals surface area contributed by atoms with Gasteiger partial charge in [-0.15, -0.1) is 0 Å². The molecular formula is C19H17ClN2O5. The van der Waals surface area contributed by atoms with E-state index in [0.717, 1.165) is 5.56 Å². The second-order valence-electron chi connectivity index (χ2n) is 6.09. The van der Waals surface area contributed by atoms with Crippen LogP contribution in [0, 0.1) is 0 Å². The van der Waals surface area contributed by atoms with Crippen molar-refractivity contribution in [3.8, 4) is 5.75 Å². The summed E-state index contributed by atoms with van der Waals surface area (Å²) < 4.78 is 10.2. The first-order chi connectivity index (χ1) is 12.8. The molecule has 0 radical (unpaired) electrons. The van der Waals surface area contributed by atoms with Crippen LogP contribution in [0.4, 0.5) is 11.4 Å². The first-order valence-electron chi connectivity index (χ1n) is 8.10. The molecule has 0 bridgehead atoms. The summed E-state index contributed by atoms with van der Waals surface area (Å²) in [6.45, 7) is 1.30. The van der Waals surface area contributed by atoms with E-state index in [9.17, 15) is 14.4 Å². The van der Waals surface area contributed by atoms with Crippen LogP contribution in [-0.2, 0) is 9.53 Å². The van der Waals surface area contributed by atoms with E-state index in [0.29, 0.717) is 11.3 Å². The number of amides is 1. The Bertz CT molecular complexity index is 957. The number of hydrogen-bond acceptors (Lipinski definition) is 6. The Kier molecular flexibility index (Phi) is 5.05. The van der Waals surface area contributed by atoms with Crippen LogP contribution in [0.25, 0.3) is 0 Å². The highest BCUT2D eigenvalue weighted by molar-refractivity contribution is 6.33. The van der Waals surface area contributed by atoms with E-state index in [1.165, 1.54) is 19.2 Å². The number of nitrogens with one attached hydrogen (secondary N) is 1. The third kappa shape index (κ3) is 3.59. The van der Waals surface area contributed by atoms with E-state index in [4.69, 9.17) is 26.8 Å². The van der Waals surface area contributed by atoms with Gasteiger partial charge in [-0.1, -0.05) is 11.6 Å². The van der Waals surface area contributed by atoms with E-state index in [1.54, 1.807) is 25.1 Å². The predicted octanol–water partition coefficient (Wildman–Crippen LogP) is 3.03. The highest BCUT2D eigenvalue weighted by Gasteiger charge is 2.27. The second-order valence-corrected chi connectivity index (χ2v) is 6.49. The number of carbonyl (C=O) groups is 3. The molecule has 1 amide bonds. The fraction of sp³-hybridized carbons (Fsp3) is 0.211. The molecule has 0 aromatic heterocycles. The summed E-state index contributed by atoms with van der Waals surface area (Å²) >= 11 is 5.94. The number of nitrogens with two attached hydrogens (primary N) is 1. The number of esters is 1. The van der Waals surface area contributed by atoms with Gasteiger partial charge < -0.3 is 20.5 Å². The van der Waals surface area contributed by atoms with Gasteiger partial charge in [0.15, 0.2) is 12.4 Å². The molecule has 1 atom stereocenters. The van der Waals surface area contributed by atoms with Gasteiger partial charge in [0.05, 0.1) is 23.7 Å². The number of halogens is 1. The van der Waals surface area contributed by atoms with E-state index in [2.05, 4.69) is 5.32 Å². The Hall–Kier alpha value is -3.06. The number of benzene rings is 2.